The Kier molecular flexibility index (Phi) is 3.39. The van der Waals surface area contributed by atoms with Crippen LogP contribution in [0.1, 0.15) is 11.1 Å². The first-order chi connectivity index (χ1) is 11.6. The smallest absolute Gasteiger partial charge is 0.123 e. The molecule has 0 aromatic heterocycles. The lowest BCUT2D eigenvalue weighted by atomic mass is 9.96. The lowest BCUT2D eigenvalue weighted by Crippen LogP contribution is -1.93. The van der Waals surface area contributed by atoms with Crippen molar-refractivity contribution in [3.63, 3.8) is 0 Å². The zero-order valence-electron chi connectivity index (χ0n) is 13.8. The second-order valence-corrected chi connectivity index (χ2v) is 6.27. The Hall–Kier alpha value is -3.00. The number of rotatable bonds is 2. The molecular weight excluding hydrogens is 294 g/mol. The maximum Gasteiger partial charge on any atom is 0.123 e. The predicted octanol–water partition coefficient (Wildman–Crippen LogP) is 6.06. The zero-order chi connectivity index (χ0) is 16.7. The Labute approximate surface area is 141 Å². The van der Waals surface area contributed by atoms with Crippen LogP contribution in [0.15, 0.2) is 66.7 Å². The van der Waals surface area contributed by atoms with Crippen molar-refractivity contribution in [1.29, 1.82) is 0 Å². The summed E-state index contributed by atoms with van der Waals surface area (Å²) in [6.07, 6.45) is 0. The molecule has 2 heteroatoms. The summed E-state index contributed by atoms with van der Waals surface area (Å²) < 4.78 is 0. The van der Waals surface area contributed by atoms with E-state index in [4.69, 9.17) is 0 Å². The molecule has 0 amide bonds. The van der Waals surface area contributed by atoms with Crippen molar-refractivity contribution in [2.75, 3.05) is 5.32 Å². The standard InChI is InChI=1S/C22H19NO/c1-14-7-9-17(10-8-14)23-20-11-12-21(24)22-15(2)18-6-4-3-5-16(18)13-19(20)22/h3-13,23-24H,1-2H3. The van der Waals surface area contributed by atoms with Crippen LogP contribution < -0.4 is 5.32 Å². The maximum absolute atomic E-state index is 10.4. The minimum Gasteiger partial charge on any atom is -0.507 e. The molecule has 0 aliphatic carbocycles. The van der Waals surface area contributed by atoms with Crippen LogP contribution in [0.2, 0.25) is 0 Å². The van der Waals surface area contributed by atoms with Crippen LogP contribution in [0.4, 0.5) is 11.4 Å². The van der Waals surface area contributed by atoms with Gasteiger partial charge in [0, 0.05) is 22.1 Å². The summed E-state index contributed by atoms with van der Waals surface area (Å²) in [5, 5.41) is 18.2. The average molecular weight is 313 g/mol. The number of nitrogens with one attached hydrogen (secondary N) is 1. The van der Waals surface area contributed by atoms with Crippen LogP contribution in [-0.4, -0.2) is 5.11 Å². The number of aromatic hydroxyl groups is 1. The van der Waals surface area contributed by atoms with Crippen molar-refractivity contribution < 1.29 is 5.11 Å². The van der Waals surface area contributed by atoms with E-state index in [1.165, 1.54) is 16.3 Å². The number of phenolic OH excluding ortho intramolecular Hbond substituents is 1. The third-order valence-corrected chi connectivity index (χ3v) is 4.59. The molecule has 4 aromatic rings. The molecular formula is C22H19NO. The van der Waals surface area contributed by atoms with Gasteiger partial charge in [0.2, 0.25) is 0 Å². The first-order valence-electron chi connectivity index (χ1n) is 8.11. The van der Waals surface area contributed by atoms with Crippen molar-refractivity contribution in [3.8, 4) is 5.75 Å². The average Bonchev–Trinajstić information content (AvgIpc) is 2.59. The maximum atomic E-state index is 10.4. The second kappa shape index (κ2) is 5.57. The number of fused-ring (bicyclic) bond motifs is 2. The summed E-state index contributed by atoms with van der Waals surface area (Å²) >= 11 is 0. The van der Waals surface area contributed by atoms with E-state index in [1.54, 1.807) is 6.07 Å². The summed E-state index contributed by atoms with van der Waals surface area (Å²) in [7, 11) is 0. The van der Waals surface area contributed by atoms with Crippen LogP contribution in [0.3, 0.4) is 0 Å². The topological polar surface area (TPSA) is 32.3 Å². The van der Waals surface area contributed by atoms with E-state index in [-0.39, 0.29) is 0 Å². The molecule has 2 nitrogen and oxygen atoms in total. The van der Waals surface area contributed by atoms with Gasteiger partial charge in [0.05, 0.1) is 0 Å². The van der Waals surface area contributed by atoms with E-state index in [1.807, 2.05) is 18.2 Å². The number of benzene rings is 4. The highest BCUT2D eigenvalue weighted by Gasteiger charge is 2.11. The molecule has 0 atom stereocenters. The van der Waals surface area contributed by atoms with Crippen molar-refractivity contribution >= 4 is 32.9 Å². The van der Waals surface area contributed by atoms with E-state index in [0.29, 0.717) is 5.75 Å². The molecule has 4 rings (SSSR count). The number of phenols is 1. The number of anilines is 2. The molecule has 2 N–H and O–H groups in total. The van der Waals surface area contributed by atoms with Crippen molar-refractivity contribution in [2.45, 2.75) is 13.8 Å². The molecule has 4 aromatic carbocycles. The highest BCUT2D eigenvalue weighted by Crippen LogP contribution is 2.38. The van der Waals surface area contributed by atoms with Gasteiger partial charge >= 0.3 is 0 Å². The number of aryl methyl sites for hydroxylation is 2. The molecule has 0 radical (unpaired) electrons. The normalized spacial score (nSPS) is 11.1. The molecule has 0 aliphatic rings. The van der Waals surface area contributed by atoms with Crippen molar-refractivity contribution in [2.24, 2.45) is 0 Å². The van der Waals surface area contributed by atoms with Crippen LogP contribution in [0, 0.1) is 13.8 Å². The van der Waals surface area contributed by atoms with Crippen LogP contribution in [0.5, 0.6) is 5.75 Å². The third kappa shape index (κ3) is 2.37. The monoisotopic (exact) mass is 313 g/mol. The zero-order valence-corrected chi connectivity index (χ0v) is 13.8. The lowest BCUT2D eigenvalue weighted by Gasteiger charge is -2.15. The van der Waals surface area contributed by atoms with E-state index in [2.05, 4.69) is 61.6 Å². The van der Waals surface area contributed by atoms with Gasteiger partial charge in [-0.25, -0.2) is 0 Å². The summed E-state index contributed by atoms with van der Waals surface area (Å²) in [5.74, 6) is 0.322. The Bertz CT molecular complexity index is 1050. The van der Waals surface area contributed by atoms with Gasteiger partial charge in [0.1, 0.15) is 5.75 Å². The van der Waals surface area contributed by atoms with Gasteiger partial charge in [0.25, 0.3) is 0 Å². The fourth-order valence-corrected chi connectivity index (χ4v) is 3.31. The lowest BCUT2D eigenvalue weighted by molar-refractivity contribution is 0.481. The van der Waals surface area contributed by atoms with Gasteiger partial charge in [-0.05, 0) is 60.5 Å². The van der Waals surface area contributed by atoms with Gasteiger partial charge < -0.3 is 10.4 Å². The van der Waals surface area contributed by atoms with E-state index >= 15 is 0 Å². The predicted molar refractivity (Wildman–Crippen MR) is 102 cm³/mol. The van der Waals surface area contributed by atoms with Crippen LogP contribution >= 0.6 is 0 Å². The van der Waals surface area contributed by atoms with Crippen molar-refractivity contribution in [1.82, 2.24) is 0 Å². The molecule has 0 spiro atoms. The molecule has 0 fully saturated rings. The van der Waals surface area contributed by atoms with E-state index in [0.717, 1.165) is 27.7 Å². The Morgan fingerprint density at radius 3 is 2.33 bits per heavy atom. The first-order valence-corrected chi connectivity index (χ1v) is 8.11. The molecule has 0 saturated carbocycles. The van der Waals surface area contributed by atoms with Crippen LogP contribution in [-0.2, 0) is 0 Å². The largest absolute Gasteiger partial charge is 0.507 e. The molecule has 0 unspecified atom stereocenters. The van der Waals surface area contributed by atoms with Gasteiger partial charge in [0.15, 0.2) is 0 Å². The highest BCUT2D eigenvalue weighted by molar-refractivity contribution is 6.09. The fraction of sp³-hybridized carbons (Fsp3) is 0.0909. The minimum atomic E-state index is 0.322. The minimum absolute atomic E-state index is 0.322. The van der Waals surface area contributed by atoms with Gasteiger partial charge in [-0.2, -0.15) is 0 Å². The quantitative estimate of drug-likeness (QED) is 0.348. The summed E-state index contributed by atoms with van der Waals surface area (Å²) in [5.41, 5.74) is 4.38. The molecule has 0 aliphatic heterocycles. The molecule has 0 saturated heterocycles. The third-order valence-electron chi connectivity index (χ3n) is 4.59. The summed E-state index contributed by atoms with van der Waals surface area (Å²) in [4.78, 5) is 0. The number of hydrogen-bond donors (Lipinski definition) is 2. The molecule has 0 heterocycles. The highest BCUT2D eigenvalue weighted by atomic mass is 16.3. The molecule has 118 valence electrons. The van der Waals surface area contributed by atoms with E-state index in [9.17, 15) is 5.11 Å². The van der Waals surface area contributed by atoms with Crippen molar-refractivity contribution in [3.05, 3.63) is 77.9 Å². The Morgan fingerprint density at radius 1 is 0.792 bits per heavy atom. The first kappa shape index (κ1) is 14.6. The Balaban J connectivity index is 1.96. The van der Waals surface area contributed by atoms with Gasteiger partial charge in [-0.15, -0.1) is 0 Å². The Morgan fingerprint density at radius 2 is 1.54 bits per heavy atom. The summed E-state index contributed by atoms with van der Waals surface area (Å²) in [6, 6.07) is 22.5. The summed E-state index contributed by atoms with van der Waals surface area (Å²) in [6.45, 7) is 4.15. The molecule has 24 heavy (non-hydrogen) atoms. The van der Waals surface area contributed by atoms with Crippen LogP contribution in [0.25, 0.3) is 21.5 Å². The SMILES string of the molecule is Cc1ccc(Nc2ccc(O)c3c(C)c4ccccc4cc23)cc1. The second-order valence-electron chi connectivity index (χ2n) is 6.27. The van der Waals surface area contributed by atoms with E-state index < -0.39 is 0 Å². The van der Waals surface area contributed by atoms with Gasteiger partial charge in [-0.3, -0.25) is 0 Å². The molecule has 0 bridgehead atoms. The number of hydrogen-bond acceptors (Lipinski definition) is 2. The fourth-order valence-electron chi connectivity index (χ4n) is 3.31. The van der Waals surface area contributed by atoms with Gasteiger partial charge in [-0.1, -0.05) is 42.0 Å².